The van der Waals surface area contributed by atoms with Gasteiger partial charge in [0.25, 0.3) is 0 Å². The fourth-order valence-electron chi connectivity index (χ4n) is 0.980. The third kappa shape index (κ3) is 5.46. The van der Waals surface area contributed by atoms with Gasteiger partial charge in [-0.25, -0.2) is 0 Å². The van der Waals surface area contributed by atoms with Crippen LogP contribution in [0.1, 0.15) is 0 Å². The number of hydrogen-bond acceptors (Lipinski definition) is 3. The molecule has 0 unspecified atom stereocenters. The molecule has 8 heteroatoms. The number of rotatable bonds is 3. The molecule has 0 aliphatic heterocycles. The fraction of sp³-hybridized carbons (Fsp3) is 0.111. The maximum Gasteiger partial charge on any atom is 0.234 e. The molecule has 0 saturated carbocycles. The Kier molecular flexibility index (Phi) is 6.79. The van der Waals surface area contributed by atoms with Crippen LogP contribution in [0.15, 0.2) is 12.1 Å². The Labute approximate surface area is 144 Å². The van der Waals surface area contributed by atoms with E-state index in [-0.39, 0.29) is 16.8 Å². The van der Waals surface area contributed by atoms with Crippen LogP contribution < -0.4 is 11.1 Å². The van der Waals surface area contributed by atoms with E-state index in [1.54, 1.807) is 0 Å². The predicted octanol–water partition coefficient (Wildman–Crippen LogP) is 3.07. The molecule has 0 aliphatic carbocycles. The minimum atomic E-state index is -0.151. The van der Waals surface area contributed by atoms with E-state index >= 15 is 0 Å². The van der Waals surface area contributed by atoms with Crippen molar-refractivity contribution in [3.63, 3.8) is 0 Å². The Bertz CT molecular complexity index is 444. The van der Waals surface area contributed by atoms with Crippen molar-refractivity contribution < 1.29 is 4.79 Å². The lowest BCUT2D eigenvalue weighted by Gasteiger charge is -2.10. The molecular formula is C9H8I3N3OS. The second-order valence-electron chi connectivity index (χ2n) is 2.95. The highest BCUT2D eigenvalue weighted by Gasteiger charge is 2.10. The second kappa shape index (κ2) is 7.33. The largest absolute Gasteiger partial charge is 0.379 e. The molecule has 0 atom stereocenters. The number of halogens is 3. The van der Waals surface area contributed by atoms with E-state index in [0.29, 0.717) is 0 Å². The molecule has 0 aromatic heterocycles. The monoisotopic (exact) mass is 587 g/mol. The lowest BCUT2D eigenvalue weighted by molar-refractivity contribution is -0.113. The molecule has 4 N–H and O–H groups in total. The standard InChI is InChI=1S/C9H8I3N3OS/c10-4-1-5(11)8(6(12)2-4)15-7(16)3-17-9(13)14/h1-2H,3H2,(H3,13,14)(H,15,16). The summed E-state index contributed by atoms with van der Waals surface area (Å²) in [4.78, 5) is 11.6. The quantitative estimate of drug-likeness (QED) is 0.290. The molecule has 0 radical (unpaired) electrons. The van der Waals surface area contributed by atoms with Crippen molar-refractivity contribution in [2.75, 3.05) is 11.1 Å². The van der Waals surface area contributed by atoms with Crippen LogP contribution in [0.3, 0.4) is 0 Å². The summed E-state index contributed by atoms with van der Waals surface area (Å²) >= 11 is 7.63. The van der Waals surface area contributed by atoms with Gasteiger partial charge in [-0.3, -0.25) is 10.2 Å². The molecule has 1 aromatic rings. The maximum absolute atomic E-state index is 11.6. The van der Waals surface area contributed by atoms with Gasteiger partial charge in [-0.15, -0.1) is 0 Å². The number of amidine groups is 1. The molecule has 0 spiro atoms. The van der Waals surface area contributed by atoms with Gasteiger partial charge in [-0.1, -0.05) is 11.8 Å². The summed E-state index contributed by atoms with van der Waals surface area (Å²) in [5.41, 5.74) is 6.00. The van der Waals surface area contributed by atoms with Gasteiger partial charge in [0.05, 0.1) is 11.4 Å². The Morgan fingerprint density at radius 1 is 1.35 bits per heavy atom. The van der Waals surface area contributed by atoms with Gasteiger partial charge < -0.3 is 11.1 Å². The third-order valence-corrected chi connectivity index (χ3v) is 4.67. The summed E-state index contributed by atoms with van der Waals surface area (Å²) in [5, 5.41) is 9.82. The van der Waals surface area contributed by atoms with Crippen molar-refractivity contribution in [1.29, 1.82) is 5.41 Å². The van der Waals surface area contributed by atoms with Crippen molar-refractivity contribution in [2.45, 2.75) is 0 Å². The van der Waals surface area contributed by atoms with Gasteiger partial charge >= 0.3 is 0 Å². The van der Waals surface area contributed by atoms with Gasteiger partial charge in [0.15, 0.2) is 5.17 Å². The summed E-state index contributed by atoms with van der Waals surface area (Å²) in [6, 6.07) is 3.99. The van der Waals surface area contributed by atoms with Gasteiger partial charge in [0.2, 0.25) is 5.91 Å². The number of nitrogens with one attached hydrogen (secondary N) is 2. The molecule has 0 heterocycles. The maximum atomic E-state index is 11.6. The highest BCUT2D eigenvalue weighted by molar-refractivity contribution is 14.1. The van der Waals surface area contributed by atoms with Crippen molar-refractivity contribution in [3.05, 3.63) is 22.8 Å². The number of amides is 1. The van der Waals surface area contributed by atoms with Crippen molar-refractivity contribution in [2.24, 2.45) is 5.73 Å². The second-order valence-corrected chi connectivity index (χ2v) is 7.53. The molecule has 17 heavy (non-hydrogen) atoms. The number of anilines is 1. The van der Waals surface area contributed by atoms with E-state index in [2.05, 4.69) is 73.1 Å². The smallest absolute Gasteiger partial charge is 0.234 e. The summed E-state index contributed by atoms with van der Waals surface area (Å²) in [6.07, 6.45) is 0. The average molecular weight is 587 g/mol. The van der Waals surface area contributed by atoms with Crippen molar-refractivity contribution in [3.8, 4) is 0 Å². The lowest BCUT2D eigenvalue weighted by Crippen LogP contribution is -2.18. The molecule has 1 amide bonds. The number of hydrogen-bond donors (Lipinski definition) is 3. The van der Waals surface area contributed by atoms with Crippen LogP contribution in [-0.4, -0.2) is 16.8 Å². The summed E-state index contributed by atoms with van der Waals surface area (Å²) in [6.45, 7) is 0. The van der Waals surface area contributed by atoms with Gasteiger partial charge in [-0.2, -0.15) is 0 Å². The molecule has 0 aliphatic rings. The molecule has 4 nitrogen and oxygen atoms in total. The first kappa shape index (κ1) is 15.8. The zero-order valence-corrected chi connectivity index (χ0v) is 15.7. The Morgan fingerprint density at radius 3 is 2.35 bits per heavy atom. The first-order chi connectivity index (χ1) is 7.90. The van der Waals surface area contributed by atoms with Crippen LogP contribution in [-0.2, 0) is 4.79 Å². The van der Waals surface area contributed by atoms with Crippen LogP contribution in [0.2, 0.25) is 0 Å². The van der Waals surface area contributed by atoms with Crippen LogP contribution in [0.5, 0.6) is 0 Å². The number of benzene rings is 1. The molecule has 0 saturated heterocycles. The Morgan fingerprint density at radius 2 is 1.88 bits per heavy atom. The van der Waals surface area contributed by atoms with E-state index in [4.69, 9.17) is 11.1 Å². The van der Waals surface area contributed by atoms with Crippen LogP contribution in [0.25, 0.3) is 0 Å². The van der Waals surface area contributed by atoms with E-state index < -0.39 is 0 Å². The van der Waals surface area contributed by atoms with E-state index in [1.165, 1.54) is 0 Å². The predicted molar refractivity (Wildman–Crippen MR) is 97.6 cm³/mol. The highest BCUT2D eigenvalue weighted by Crippen LogP contribution is 2.27. The van der Waals surface area contributed by atoms with E-state index in [0.717, 1.165) is 28.2 Å². The zero-order chi connectivity index (χ0) is 13.0. The van der Waals surface area contributed by atoms with E-state index in [9.17, 15) is 4.79 Å². The first-order valence-electron chi connectivity index (χ1n) is 4.31. The fourth-order valence-corrected chi connectivity index (χ4v) is 5.19. The van der Waals surface area contributed by atoms with Crippen LogP contribution >= 0.6 is 79.5 Å². The normalized spacial score (nSPS) is 10.1. The van der Waals surface area contributed by atoms with Crippen LogP contribution in [0.4, 0.5) is 5.69 Å². The van der Waals surface area contributed by atoms with Gasteiger partial charge in [0.1, 0.15) is 0 Å². The Balaban J connectivity index is 2.75. The molecule has 1 rings (SSSR count). The topological polar surface area (TPSA) is 79.0 Å². The lowest BCUT2D eigenvalue weighted by atomic mass is 10.3. The minimum Gasteiger partial charge on any atom is -0.379 e. The summed E-state index contributed by atoms with van der Waals surface area (Å²) < 4.78 is 3.13. The molecule has 0 fully saturated rings. The van der Waals surface area contributed by atoms with Crippen molar-refractivity contribution >= 4 is 96.3 Å². The van der Waals surface area contributed by atoms with Gasteiger partial charge in [0, 0.05) is 10.7 Å². The molecular weight excluding hydrogens is 579 g/mol. The molecule has 0 bridgehead atoms. The van der Waals surface area contributed by atoms with Gasteiger partial charge in [-0.05, 0) is 79.9 Å². The zero-order valence-electron chi connectivity index (χ0n) is 8.39. The number of carbonyl (C=O) groups is 1. The molecule has 1 aromatic carbocycles. The average Bonchev–Trinajstić information content (AvgIpc) is 2.20. The minimum absolute atomic E-state index is 0.0489. The first-order valence-corrected chi connectivity index (χ1v) is 8.53. The number of carbonyl (C=O) groups excluding carboxylic acids is 1. The van der Waals surface area contributed by atoms with Crippen molar-refractivity contribution in [1.82, 2.24) is 0 Å². The summed E-state index contributed by atoms with van der Waals surface area (Å²) in [5.74, 6) is 0.00949. The van der Waals surface area contributed by atoms with Crippen LogP contribution in [0, 0.1) is 16.1 Å². The number of nitrogens with two attached hydrogens (primary N) is 1. The molecule has 92 valence electrons. The highest BCUT2D eigenvalue weighted by atomic mass is 127. The number of thioether (sulfide) groups is 1. The van der Waals surface area contributed by atoms with E-state index in [1.807, 2.05) is 12.1 Å². The Hall–Kier alpha value is 0.700. The third-order valence-electron chi connectivity index (χ3n) is 1.63. The SMILES string of the molecule is N=C(N)SCC(=O)Nc1c(I)cc(I)cc1I. The summed E-state index contributed by atoms with van der Waals surface area (Å²) in [7, 11) is 0.